The predicted molar refractivity (Wildman–Crippen MR) is 84.4 cm³/mol. The van der Waals surface area contributed by atoms with Crippen molar-refractivity contribution in [3.8, 4) is 11.5 Å². The Hall–Kier alpha value is -2.50. The molecule has 0 aliphatic rings. The van der Waals surface area contributed by atoms with Gasteiger partial charge in [-0.2, -0.15) is 5.10 Å². The van der Waals surface area contributed by atoms with Crippen molar-refractivity contribution < 1.29 is 14.3 Å². The minimum absolute atomic E-state index is 0.0700. The maximum Gasteiger partial charge on any atom is 0.225 e. The van der Waals surface area contributed by atoms with E-state index in [-0.39, 0.29) is 5.91 Å². The summed E-state index contributed by atoms with van der Waals surface area (Å²) in [7, 11) is 1.61. The molecule has 0 atom stereocenters. The molecule has 0 radical (unpaired) electrons. The van der Waals surface area contributed by atoms with Gasteiger partial charge in [0.05, 0.1) is 13.7 Å². The Morgan fingerprint density at radius 2 is 2.14 bits per heavy atom. The molecule has 6 nitrogen and oxygen atoms in total. The SMILES string of the molecule is CCOc1ccc(CCC(=O)Nc2cc(C)[nH]n2)cc1OC. The lowest BCUT2D eigenvalue weighted by molar-refractivity contribution is -0.116. The number of nitrogens with zero attached hydrogens (tertiary/aromatic N) is 1. The molecule has 0 spiro atoms. The van der Waals surface area contributed by atoms with Crippen molar-refractivity contribution in [2.45, 2.75) is 26.7 Å². The van der Waals surface area contributed by atoms with Crippen LogP contribution in [0.3, 0.4) is 0 Å². The number of benzene rings is 1. The van der Waals surface area contributed by atoms with Gasteiger partial charge < -0.3 is 14.8 Å². The normalized spacial score (nSPS) is 10.3. The zero-order chi connectivity index (χ0) is 15.9. The first kappa shape index (κ1) is 15.9. The van der Waals surface area contributed by atoms with E-state index < -0.39 is 0 Å². The summed E-state index contributed by atoms with van der Waals surface area (Å²) in [6, 6.07) is 7.50. The maximum atomic E-state index is 11.9. The van der Waals surface area contributed by atoms with Crippen molar-refractivity contribution in [1.82, 2.24) is 10.2 Å². The van der Waals surface area contributed by atoms with Gasteiger partial charge in [0.2, 0.25) is 5.91 Å². The molecule has 2 rings (SSSR count). The van der Waals surface area contributed by atoms with E-state index in [0.29, 0.717) is 36.8 Å². The molecule has 1 aromatic carbocycles. The summed E-state index contributed by atoms with van der Waals surface area (Å²) in [5.41, 5.74) is 1.93. The number of aromatic nitrogens is 2. The summed E-state index contributed by atoms with van der Waals surface area (Å²) in [6.07, 6.45) is 1.00. The second kappa shape index (κ2) is 7.49. The number of methoxy groups -OCH3 is 1. The number of ether oxygens (including phenoxy) is 2. The van der Waals surface area contributed by atoms with Gasteiger partial charge in [-0.15, -0.1) is 0 Å². The number of carbonyl (C=O) groups is 1. The fourth-order valence-electron chi connectivity index (χ4n) is 2.09. The largest absolute Gasteiger partial charge is 0.493 e. The Kier molecular flexibility index (Phi) is 5.41. The smallest absolute Gasteiger partial charge is 0.225 e. The van der Waals surface area contributed by atoms with E-state index in [1.807, 2.05) is 32.0 Å². The van der Waals surface area contributed by atoms with Gasteiger partial charge in [-0.25, -0.2) is 0 Å². The van der Waals surface area contributed by atoms with Crippen LogP contribution in [-0.4, -0.2) is 29.8 Å². The molecule has 118 valence electrons. The molecule has 2 aromatic rings. The molecule has 22 heavy (non-hydrogen) atoms. The van der Waals surface area contributed by atoms with E-state index in [1.54, 1.807) is 13.2 Å². The summed E-state index contributed by atoms with van der Waals surface area (Å²) >= 11 is 0. The maximum absolute atomic E-state index is 11.9. The van der Waals surface area contributed by atoms with Gasteiger partial charge in [0.15, 0.2) is 17.3 Å². The van der Waals surface area contributed by atoms with Crippen LogP contribution in [0.1, 0.15) is 24.6 Å². The van der Waals surface area contributed by atoms with Crippen LogP contribution in [0, 0.1) is 6.92 Å². The van der Waals surface area contributed by atoms with Gasteiger partial charge in [0, 0.05) is 18.2 Å². The van der Waals surface area contributed by atoms with E-state index in [9.17, 15) is 4.79 Å². The first-order valence-corrected chi connectivity index (χ1v) is 7.24. The number of hydrogen-bond donors (Lipinski definition) is 2. The van der Waals surface area contributed by atoms with Crippen molar-refractivity contribution in [3.63, 3.8) is 0 Å². The average Bonchev–Trinajstić information content (AvgIpc) is 2.91. The standard InChI is InChI=1S/C16H21N3O3/c1-4-22-13-7-5-12(10-14(13)21-3)6-8-16(20)17-15-9-11(2)18-19-15/h5,7,9-10H,4,6,8H2,1-3H3,(H2,17,18,19,20). The molecule has 0 unspecified atom stereocenters. The molecule has 1 aromatic heterocycles. The number of aryl methyl sites for hydroxylation is 2. The first-order chi connectivity index (χ1) is 10.6. The molecule has 0 bridgehead atoms. The van der Waals surface area contributed by atoms with Gasteiger partial charge in [-0.1, -0.05) is 6.07 Å². The lowest BCUT2D eigenvalue weighted by atomic mass is 10.1. The number of H-pyrrole nitrogens is 1. The highest BCUT2D eigenvalue weighted by atomic mass is 16.5. The molecule has 0 saturated carbocycles. The molecule has 1 heterocycles. The second-order valence-corrected chi connectivity index (χ2v) is 4.90. The van der Waals surface area contributed by atoms with Gasteiger partial charge in [-0.05, 0) is 38.0 Å². The van der Waals surface area contributed by atoms with Crippen LogP contribution in [0.15, 0.2) is 24.3 Å². The molecule has 2 N–H and O–H groups in total. The highest BCUT2D eigenvalue weighted by Crippen LogP contribution is 2.28. The van der Waals surface area contributed by atoms with E-state index in [0.717, 1.165) is 11.3 Å². The molecule has 0 aliphatic carbocycles. The van der Waals surface area contributed by atoms with Crippen molar-refractivity contribution in [2.75, 3.05) is 19.0 Å². The van der Waals surface area contributed by atoms with Crippen LogP contribution < -0.4 is 14.8 Å². The minimum atomic E-state index is -0.0700. The van der Waals surface area contributed by atoms with Crippen molar-refractivity contribution in [3.05, 3.63) is 35.5 Å². The Morgan fingerprint density at radius 1 is 1.32 bits per heavy atom. The van der Waals surface area contributed by atoms with E-state index in [1.165, 1.54) is 0 Å². The molecular formula is C16H21N3O3. The van der Waals surface area contributed by atoms with Gasteiger partial charge in [-0.3, -0.25) is 9.89 Å². The third kappa shape index (κ3) is 4.25. The number of hydrogen-bond acceptors (Lipinski definition) is 4. The predicted octanol–water partition coefficient (Wildman–Crippen LogP) is 2.70. The molecule has 0 saturated heterocycles. The Balaban J connectivity index is 1.92. The summed E-state index contributed by atoms with van der Waals surface area (Å²) in [5, 5.41) is 9.52. The quantitative estimate of drug-likeness (QED) is 0.824. The Morgan fingerprint density at radius 3 is 2.77 bits per heavy atom. The van der Waals surface area contributed by atoms with E-state index >= 15 is 0 Å². The Labute approximate surface area is 129 Å². The fraction of sp³-hybridized carbons (Fsp3) is 0.375. The number of aromatic amines is 1. The summed E-state index contributed by atoms with van der Waals surface area (Å²) in [5.74, 6) is 1.87. The van der Waals surface area contributed by atoms with Crippen molar-refractivity contribution in [2.24, 2.45) is 0 Å². The number of anilines is 1. The van der Waals surface area contributed by atoms with E-state index in [2.05, 4.69) is 15.5 Å². The lowest BCUT2D eigenvalue weighted by Gasteiger charge is -2.10. The number of rotatable bonds is 7. The minimum Gasteiger partial charge on any atom is -0.493 e. The average molecular weight is 303 g/mol. The van der Waals surface area contributed by atoms with Crippen LogP contribution in [-0.2, 0) is 11.2 Å². The monoisotopic (exact) mass is 303 g/mol. The topological polar surface area (TPSA) is 76.2 Å². The molecular weight excluding hydrogens is 282 g/mol. The highest BCUT2D eigenvalue weighted by Gasteiger charge is 2.08. The molecule has 0 aliphatic heterocycles. The van der Waals surface area contributed by atoms with Crippen LogP contribution in [0.25, 0.3) is 0 Å². The number of carbonyl (C=O) groups excluding carboxylic acids is 1. The molecule has 6 heteroatoms. The van der Waals surface area contributed by atoms with Gasteiger partial charge in [0.1, 0.15) is 0 Å². The third-order valence-corrected chi connectivity index (χ3v) is 3.14. The summed E-state index contributed by atoms with van der Waals surface area (Å²) in [6.45, 7) is 4.39. The zero-order valence-corrected chi connectivity index (χ0v) is 13.1. The van der Waals surface area contributed by atoms with Crippen LogP contribution in [0.5, 0.6) is 11.5 Å². The van der Waals surface area contributed by atoms with Crippen LogP contribution >= 0.6 is 0 Å². The molecule has 0 fully saturated rings. The van der Waals surface area contributed by atoms with Crippen LogP contribution in [0.2, 0.25) is 0 Å². The highest BCUT2D eigenvalue weighted by molar-refractivity contribution is 5.89. The zero-order valence-electron chi connectivity index (χ0n) is 13.1. The lowest BCUT2D eigenvalue weighted by Crippen LogP contribution is -2.12. The van der Waals surface area contributed by atoms with Crippen LogP contribution in [0.4, 0.5) is 5.82 Å². The fourth-order valence-corrected chi connectivity index (χ4v) is 2.09. The van der Waals surface area contributed by atoms with Crippen molar-refractivity contribution >= 4 is 11.7 Å². The summed E-state index contributed by atoms with van der Waals surface area (Å²) in [4.78, 5) is 11.9. The molecule has 1 amide bonds. The van der Waals surface area contributed by atoms with Crippen molar-refractivity contribution in [1.29, 1.82) is 0 Å². The van der Waals surface area contributed by atoms with Gasteiger partial charge in [0.25, 0.3) is 0 Å². The second-order valence-electron chi connectivity index (χ2n) is 4.90. The number of amides is 1. The first-order valence-electron chi connectivity index (χ1n) is 7.24. The number of nitrogens with one attached hydrogen (secondary N) is 2. The van der Waals surface area contributed by atoms with Gasteiger partial charge >= 0.3 is 0 Å². The van der Waals surface area contributed by atoms with E-state index in [4.69, 9.17) is 9.47 Å². The Bertz CT molecular complexity index is 637. The third-order valence-electron chi connectivity index (χ3n) is 3.14. The summed E-state index contributed by atoms with van der Waals surface area (Å²) < 4.78 is 10.8.